The monoisotopic (exact) mass is 336 g/mol. The SMILES string of the molecule is Cc1ncc(Br)c(=O)n1CCS(=O)(=O)C(C)(C)C. The van der Waals surface area contributed by atoms with Gasteiger partial charge in [0.15, 0.2) is 9.84 Å². The van der Waals surface area contributed by atoms with E-state index in [-0.39, 0.29) is 17.9 Å². The highest BCUT2D eigenvalue weighted by atomic mass is 79.9. The van der Waals surface area contributed by atoms with Crippen molar-refractivity contribution in [3.63, 3.8) is 0 Å². The standard InChI is InChI=1S/C11H17BrN2O3S/c1-8-13-7-9(12)10(15)14(8)5-6-18(16,17)11(2,3)4/h7H,5-6H2,1-4H3. The van der Waals surface area contributed by atoms with Gasteiger partial charge in [-0.3, -0.25) is 9.36 Å². The molecular formula is C11H17BrN2O3S. The molecule has 0 amide bonds. The molecule has 0 radical (unpaired) electrons. The van der Waals surface area contributed by atoms with Crippen LogP contribution in [0.5, 0.6) is 0 Å². The number of halogens is 1. The maximum Gasteiger partial charge on any atom is 0.267 e. The number of rotatable bonds is 3. The molecule has 102 valence electrons. The molecule has 0 bridgehead atoms. The maximum atomic E-state index is 12.0. The Kier molecular flexibility index (Phi) is 4.38. The number of aromatic nitrogens is 2. The lowest BCUT2D eigenvalue weighted by Crippen LogP contribution is -2.34. The van der Waals surface area contributed by atoms with Gasteiger partial charge in [0.2, 0.25) is 0 Å². The third-order valence-electron chi connectivity index (χ3n) is 2.72. The normalized spacial score (nSPS) is 12.7. The summed E-state index contributed by atoms with van der Waals surface area (Å²) >= 11 is 3.09. The number of sulfone groups is 1. The van der Waals surface area contributed by atoms with Crippen molar-refractivity contribution in [3.8, 4) is 0 Å². The lowest BCUT2D eigenvalue weighted by molar-refractivity contribution is 0.550. The van der Waals surface area contributed by atoms with Crippen LogP contribution in [0.4, 0.5) is 0 Å². The van der Waals surface area contributed by atoms with Crippen molar-refractivity contribution in [1.82, 2.24) is 9.55 Å². The van der Waals surface area contributed by atoms with Gasteiger partial charge in [-0.05, 0) is 43.6 Å². The summed E-state index contributed by atoms with van der Waals surface area (Å²) < 4.78 is 24.9. The van der Waals surface area contributed by atoms with E-state index in [1.54, 1.807) is 27.7 Å². The van der Waals surface area contributed by atoms with Gasteiger partial charge in [0.25, 0.3) is 5.56 Å². The van der Waals surface area contributed by atoms with Crippen molar-refractivity contribution in [2.45, 2.75) is 39.0 Å². The average molecular weight is 337 g/mol. The molecule has 0 saturated carbocycles. The van der Waals surface area contributed by atoms with E-state index in [2.05, 4.69) is 20.9 Å². The highest BCUT2D eigenvalue weighted by Gasteiger charge is 2.28. The fourth-order valence-corrected chi connectivity index (χ4v) is 2.68. The Morgan fingerprint density at radius 3 is 2.44 bits per heavy atom. The minimum absolute atomic E-state index is 0.0740. The molecule has 0 N–H and O–H groups in total. The van der Waals surface area contributed by atoms with E-state index in [1.165, 1.54) is 10.8 Å². The van der Waals surface area contributed by atoms with Crippen molar-refractivity contribution in [3.05, 3.63) is 26.8 Å². The molecule has 5 nitrogen and oxygen atoms in total. The summed E-state index contributed by atoms with van der Waals surface area (Å²) in [5, 5.41) is 0. The van der Waals surface area contributed by atoms with Crippen LogP contribution in [-0.2, 0) is 16.4 Å². The lowest BCUT2D eigenvalue weighted by Gasteiger charge is -2.19. The molecule has 1 rings (SSSR count). The summed E-state index contributed by atoms with van der Waals surface area (Å²) in [6.07, 6.45) is 1.42. The molecule has 1 aromatic heterocycles. The zero-order valence-electron chi connectivity index (χ0n) is 10.9. The molecule has 1 heterocycles. The van der Waals surface area contributed by atoms with Gasteiger partial charge in [-0.25, -0.2) is 13.4 Å². The number of hydrogen-bond donors (Lipinski definition) is 0. The fraction of sp³-hybridized carbons (Fsp3) is 0.636. The second-order valence-corrected chi connectivity index (χ2v) is 8.76. The quantitative estimate of drug-likeness (QED) is 0.839. The molecule has 0 aliphatic rings. The third kappa shape index (κ3) is 3.20. The van der Waals surface area contributed by atoms with Crippen LogP contribution >= 0.6 is 15.9 Å². The van der Waals surface area contributed by atoms with Gasteiger partial charge in [0, 0.05) is 12.7 Å². The highest BCUT2D eigenvalue weighted by Crippen LogP contribution is 2.16. The Balaban J connectivity index is 3.03. The molecule has 1 aromatic rings. The van der Waals surface area contributed by atoms with Crippen molar-refractivity contribution < 1.29 is 8.42 Å². The Bertz CT molecular complexity index is 600. The zero-order chi connectivity index (χ0) is 14.1. The summed E-state index contributed by atoms with van der Waals surface area (Å²) in [7, 11) is -3.25. The smallest absolute Gasteiger partial charge is 0.267 e. The van der Waals surface area contributed by atoms with Gasteiger partial charge < -0.3 is 0 Å². The fourth-order valence-electron chi connectivity index (χ4n) is 1.33. The van der Waals surface area contributed by atoms with Crippen molar-refractivity contribution in [1.29, 1.82) is 0 Å². The van der Waals surface area contributed by atoms with Crippen LogP contribution in [0.25, 0.3) is 0 Å². The van der Waals surface area contributed by atoms with E-state index >= 15 is 0 Å². The summed E-state index contributed by atoms with van der Waals surface area (Å²) in [5.41, 5.74) is -0.258. The largest absolute Gasteiger partial charge is 0.295 e. The van der Waals surface area contributed by atoms with Gasteiger partial charge in [-0.2, -0.15) is 0 Å². The van der Waals surface area contributed by atoms with Crippen molar-refractivity contribution in [2.24, 2.45) is 0 Å². The lowest BCUT2D eigenvalue weighted by atomic mass is 10.3. The van der Waals surface area contributed by atoms with Crippen LogP contribution in [0.2, 0.25) is 0 Å². The molecule has 18 heavy (non-hydrogen) atoms. The third-order valence-corrected chi connectivity index (χ3v) is 5.85. The van der Waals surface area contributed by atoms with E-state index in [0.717, 1.165) is 0 Å². The van der Waals surface area contributed by atoms with E-state index in [4.69, 9.17) is 0 Å². The molecule has 0 unspecified atom stereocenters. The molecule has 0 atom stereocenters. The van der Waals surface area contributed by atoms with Gasteiger partial charge in [0.1, 0.15) is 10.3 Å². The highest BCUT2D eigenvalue weighted by molar-refractivity contribution is 9.10. The van der Waals surface area contributed by atoms with Crippen LogP contribution in [0.3, 0.4) is 0 Å². The van der Waals surface area contributed by atoms with E-state index in [1.807, 2.05) is 0 Å². The van der Waals surface area contributed by atoms with Crippen LogP contribution in [0.15, 0.2) is 15.5 Å². The molecule has 0 spiro atoms. The van der Waals surface area contributed by atoms with Gasteiger partial charge in [0.05, 0.1) is 10.5 Å². The summed E-state index contributed by atoms with van der Waals surface area (Å²) in [5.74, 6) is 0.433. The van der Waals surface area contributed by atoms with Gasteiger partial charge >= 0.3 is 0 Å². The minimum atomic E-state index is -3.25. The van der Waals surface area contributed by atoms with Crippen LogP contribution in [0, 0.1) is 6.92 Å². The van der Waals surface area contributed by atoms with E-state index in [9.17, 15) is 13.2 Å². The summed E-state index contributed by atoms with van der Waals surface area (Å²) in [4.78, 5) is 15.9. The van der Waals surface area contributed by atoms with Crippen LogP contribution in [-0.4, -0.2) is 28.5 Å². The molecule has 0 aliphatic heterocycles. The summed E-state index contributed by atoms with van der Waals surface area (Å²) in [6.45, 7) is 6.75. The Labute approximate surface area is 115 Å². The van der Waals surface area contributed by atoms with Crippen LogP contribution in [0.1, 0.15) is 26.6 Å². The maximum absolute atomic E-state index is 12.0. The molecule has 0 saturated heterocycles. The topological polar surface area (TPSA) is 69.0 Å². The Morgan fingerprint density at radius 1 is 1.39 bits per heavy atom. The Morgan fingerprint density at radius 2 is 1.94 bits per heavy atom. The second-order valence-electron chi connectivity index (χ2n) is 5.04. The molecule has 7 heteroatoms. The van der Waals surface area contributed by atoms with Crippen molar-refractivity contribution in [2.75, 3.05) is 5.75 Å². The predicted octanol–water partition coefficient (Wildman–Crippen LogP) is 1.53. The molecule has 0 fully saturated rings. The first-order valence-corrected chi connectivity index (χ1v) is 7.95. The Hall–Kier alpha value is -0.690. The minimum Gasteiger partial charge on any atom is -0.295 e. The van der Waals surface area contributed by atoms with Gasteiger partial charge in [-0.1, -0.05) is 0 Å². The second kappa shape index (κ2) is 5.13. The first-order valence-electron chi connectivity index (χ1n) is 5.50. The summed E-state index contributed by atoms with van der Waals surface area (Å²) in [6, 6.07) is 0. The van der Waals surface area contributed by atoms with Gasteiger partial charge in [-0.15, -0.1) is 0 Å². The average Bonchev–Trinajstić information content (AvgIpc) is 2.22. The van der Waals surface area contributed by atoms with Crippen LogP contribution < -0.4 is 5.56 Å². The molecule has 0 aliphatic carbocycles. The number of hydrogen-bond acceptors (Lipinski definition) is 4. The van der Waals surface area contributed by atoms with E-state index < -0.39 is 14.6 Å². The molecule has 0 aromatic carbocycles. The number of aryl methyl sites for hydroxylation is 1. The zero-order valence-corrected chi connectivity index (χ0v) is 13.3. The first-order chi connectivity index (χ1) is 8.06. The predicted molar refractivity (Wildman–Crippen MR) is 74.5 cm³/mol. The van der Waals surface area contributed by atoms with E-state index in [0.29, 0.717) is 10.3 Å². The van der Waals surface area contributed by atoms with Crippen molar-refractivity contribution >= 4 is 25.8 Å². The number of nitrogens with zero attached hydrogens (tertiary/aromatic N) is 2. The molecular weight excluding hydrogens is 320 g/mol. The first kappa shape index (κ1) is 15.4.